The topological polar surface area (TPSA) is 54.9 Å². The molecule has 0 fully saturated rings. The van der Waals surface area contributed by atoms with Crippen LogP contribution in [0.1, 0.15) is 10.5 Å². The molecule has 22 heavy (non-hydrogen) atoms. The van der Waals surface area contributed by atoms with Gasteiger partial charge in [-0.05, 0) is 24.3 Å². The van der Waals surface area contributed by atoms with Crippen molar-refractivity contribution in [1.29, 1.82) is 0 Å². The number of fused-ring (bicyclic) bond motifs is 1. The van der Waals surface area contributed by atoms with Crippen molar-refractivity contribution in [2.75, 3.05) is 5.32 Å². The molecule has 3 rings (SSSR count). The van der Waals surface area contributed by atoms with E-state index in [4.69, 9.17) is 23.2 Å². The minimum atomic E-state index is -0.349. The summed E-state index contributed by atoms with van der Waals surface area (Å²) in [4.78, 5) is 20.6. The standard InChI is InChI=1S/C15H8BrCl2N3O/c16-10-6-11(17)13(18)9-3-5-20-14(12(9)10)15(22)21-8-2-1-4-19-7-8/h1-7H,(H,21,22). The highest BCUT2D eigenvalue weighted by Crippen LogP contribution is 2.37. The van der Waals surface area contributed by atoms with E-state index < -0.39 is 0 Å². The molecule has 0 radical (unpaired) electrons. The van der Waals surface area contributed by atoms with Crippen LogP contribution in [0.4, 0.5) is 5.69 Å². The van der Waals surface area contributed by atoms with E-state index in [0.717, 1.165) is 0 Å². The molecule has 0 spiro atoms. The number of nitrogens with zero attached hydrogens (tertiary/aromatic N) is 2. The Morgan fingerprint density at radius 1 is 1.23 bits per heavy atom. The van der Waals surface area contributed by atoms with E-state index in [1.807, 2.05) is 0 Å². The molecule has 0 saturated carbocycles. The summed E-state index contributed by atoms with van der Waals surface area (Å²) < 4.78 is 0.654. The first-order chi connectivity index (χ1) is 10.6. The molecule has 1 aromatic carbocycles. The van der Waals surface area contributed by atoms with E-state index in [2.05, 4.69) is 31.2 Å². The second-order valence-corrected chi connectivity index (χ2v) is 6.07. The number of rotatable bonds is 2. The Labute approximate surface area is 144 Å². The number of carbonyl (C=O) groups is 1. The molecule has 0 unspecified atom stereocenters. The zero-order valence-corrected chi connectivity index (χ0v) is 14.1. The van der Waals surface area contributed by atoms with E-state index >= 15 is 0 Å². The second kappa shape index (κ2) is 6.20. The lowest BCUT2D eigenvalue weighted by atomic mass is 10.1. The lowest BCUT2D eigenvalue weighted by Gasteiger charge is -2.10. The fourth-order valence-corrected chi connectivity index (χ4v) is 3.25. The number of pyridine rings is 2. The minimum absolute atomic E-state index is 0.256. The highest BCUT2D eigenvalue weighted by molar-refractivity contribution is 9.10. The van der Waals surface area contributed by atoms with Crippen molar-refractivity contribution >= 4 is 61.5 Å². The van der Waals surface area contributed by atoms with Gasteiger partial charge in [0.2, 0.25) is 0 Å². The Hall–Kier alpha value is -1.69. The summed E-state index contributed by atoms with van der Waals surface area (Å²) in [5, 5.41) is 4.81. The number of nitrogens with one attached hydrogen (secondary N) is 1. The summed E-state index contributed by atoms with van der Waals surface area (Å²) in [6.07, 6.45) is 4.71. The number of hydrogen-bond donors (Lipinski definition) is 1. The molecule has 110 valence electrons. The Morgan fingerprint density at radius 3 is 2.77 bits per heavy atom. The van der Waals surface area contributed by atoms with Crippen molar-refractivity contribution in [3.8, 4) is 0 Å². The van der Waals surface area contributed by atoms with E-state index in [1.54, 1.807) is 36.7 Å². The van der Waals surface area contributed by atoms with Gasteiger partial charge in [-0.2, -0.15) is 0 Å². The van der Waals surface area contributed by atoms with Crippen LogP contribution in [-0.2, 0) is 0 Å². The van der Waals surface area contributed by atoms with Crippen LogP contribution in [0.3, 0.4) is 0 Å². The third kappa shape index (κ3) is 2.79. The van der Waals surface area contributed by atoms with Crippen LogP contribution in [0.25, 0.3) is 10.8 Å². The highest BCUT2D eigenvalue weighted by Gasteiger charge is 2.17. The molecular weight excluding hydrogens is 389 g/mol. The Kier molecular flexibility index (Phi) is 4.29. The average Bonchev–Trinajstić information content (AvgIpc) is 2.53. The number of aromatic nitrogens is 2. The molecule has 0 saturated heterocycles. The largest absolute Gasteiger partial charge is 0.319 e. The molecule has 2 heterocycles. The van der Waals surface area contributed by atoms with Crippen LogP contribution in [0.2, 0.25) is 10.0 Å². The fourth-order valence-electron chi connectivity index (χ4n) is 2.06. The smallest absolute Gasteiger partial charge is 0.274 e. The van der Waals surface area contributed by atoms with Crippen LogP contribution in [0.15, 0.2) is 47.3 Å². The van der Waals surface area contributed by atoms with Crippen LogP contribution >= 0.6 is 39.1 Å². The van der Waals surface area contributed by atoms with Gasteiger partial charge in [0.25, 0.3) is 5.91 Å². The number of carbonyl (C=O) groups excluding carboxylic acids is 1. The first-order valence-corrected chi connectivity index (χ1v) is 7.76. The van der Waals surface area contributed by atoms with Crippen LogP contribution in [0.5, 0.6) is 0 Å². The molecule has 0 aliphatic heterocycles. The van der Waals surface area contributed by atoms with Crippen molar-refractivity contribution in [2.24, 2.45) is 0 Å². The maximum absolute atomic E-state index is 12.5. The fraction of sp³-hybridized carbons (Fsp3) is 0. The molecule has 0 aliphatic carbocycles. The number of anilines is 1. The SMILES string of the molecule is O=C(Nc1cccnc1)c1nccc2c(Cl)c(Cl)cc(Br)c12. The van der Waals surface area contributed by atoms with Gasteiger partial charge in [-0.15, -0.1) is 0 Å². The molecule has 0 atom stereocenters. The quantitative estimate of drug-likeness (QED) is 0.623. The molecule has 0 aliphatic rings. The summed E-state index contributed by atoms with van der Waals surface area (Å²) in [7, 11) is 0. The maximum Gasteiger partial charge on any atom is 0.274 e. The van der Waals surface area contributed by atoms with Gasteiger partial charge in [0.15, 0.2) is 0 Å². The molecule has 3 aromatic rings. The van der Waals surface area contributed by atoms with Crippen LogP contribution in [0, 0.1) is 0 Å². The molecular formula is C15H8BrCl2N3O. The molecule has 0 bridgehead atoms. The van der Waals surface area contributed by atoms with Crippen molar-refractivity contribution in [3.63, 3.8) is 0 Å². The summed E-state index contributed by atoms with van der Waals surface area (Å²) >= 11 is 15.7. The summed E-state index contributed by atoms with van der Waals surface area (Å²) in [6.45, 7) is 0. The monoisotopic (exact) mass is 395 g/mol. The van der Waals surface area contributed by atoms with Crippen molar-refractivity contribution in [3.05, 3.63) is 63.1 Å². The second-order valence-electron chi connectivity index (χ2n) is 4.43. The number of amides is 1. The van der Waals surface area contributed by atoms with Gasteiger partial charge in [0.1, 0.15) is 5.69 Å². The van der Waals surface area contributed by atoms with Crippen LogP contribution in [-0.4, -0.2) is 15.9 Å². The predicted octanol–water partition coefficient (Wildman–Crippen LogP) is 4.95. The predicted molar refractivity (Wildman–Crippen MR) is 91.7 cm³/mol. The van der Waals surface area contributed by atoms with E-state index in [0.29, 0.717) is 31.0 Å². The van der Waals surface area contributed by atoms with Gasteiger partial charge in [0, 0.05) is 27.6 Å². The minimum Gasteiger partial charge on any atom is -0.319 e. The van der Waals surface area contributed by atoms with E-state index in [9.17, 15) is 4.79 Å². The summed E-state index contributed by atoms with van der Waals surface area (Å²) in [5.41, 5.74) is 0.842. The maximum atomic E-state index is 12.5. The van der Waals surface area contributed by atoms with Gasteiger partial charge < -0.3 is 5.32 Å². The van der Waals surface area contributed by atoms with Gasteiger partial charge in [0.05, 0.1) is 21.9 Å². The van der Waals surface area contributed by atoms with Gasteiger partial charge in [-0.25, -0.2) is 0 Å². The summed E-state index contributed by atoms with van der Waals surface area (Å²) in [6, 6.07) is 6.84. The zero-order valence-electron chi connectivity index (χ0n) is 11.0. The molecule has 2 aromatic heterocycles. The van der Waals surface area contributed by atoms with Crippen molar-refractivity contribution < 1.29 is 4.79 Å². The first-order valence-electron chi connectivity index (χ1n) is 6.21. The molecule has 1 amide bonds. The highest BCUT2D eigenvalue weighted by atomic mass is 79.9. The Bertz CT molecular complexity index is 872. The zero-order chi connectivity index (χ0) is 15.7. The Morgan fingerprint density at radius 2 is 2.05 bits per heavy atom. The van der Waals surface area contributed by atoms with Gasteiger partial charge in [-0.3, -0.25) is 14.8 Å². The third-order valence-corrected chi connectivity index (χ3v) is 4.45. The van der Waals surface area contributed by atoms with E-state index in [-0.39, 0.29) is 11.6 Å². The van der Waals surface area contributed by atoms with Gasteiger partial charge in [-0.1, -0.05) is 39.1 Å². The average molecular weight is 397 g/mol. The van der Waals surface area contributed by atoms with Gasteiger partial charge >= 0.3 is 0 Å². The first kappa shape index (κ1) is 15.2. The lowest BCUT2D eigenvalue weighted by molar-refractivity contribution is 0.102. The van der Waals surface area contributed by atoms with Crippen molar-refractivity contribution in [1.82, 2.24) is 9.97 Å². The number of halogens is 3. The van der Waals surface area contributed by atoms with Crippen molar-refractivity contribution in [2.45, 2.75) is 0 Å². The third-order valence-electron chi connectivity index (χ3n) is 3.02. The lowest BCUT2D eigenvalue weighted by Crippen LogP contribution is -2.14. The normalized spacial score (nSPS) is 10.7. The number of benzene rings is 1. The summed E-state index contributed by atoms with van der Waals surface area (Å²) in [5.74, 6) is -0.349. The molecule has 4 nitrogen and oxygen atoms in total. The van der Waals surface area contributed by atoms with E-state index in [1.165, 1.54) is 6.20 Å². The van der Waals surface area contributed by atoms with Crippen LogP contribution < -0.4 is 5.32 Å². The Balaban J connectivity index is 2.11. The molecule has 7 heteroatoms. The number of hydrogen-bond acceptors (Lipinski definition) is 3. The molecule has 1 N–H and O–H groups in total.